The minimum absolute atomic E-state index is 0.157. The van der Waals surface area contributed by atoms with Crippen molar-refractivity contribution in [2.75, 3.05) is 18.4 Å². The molecule has 19 heavy (non-hydrogen) atoms. The number of carbonyl (C=O) groups excluding carboxylic acids is 1. The quantitative estimate of drug-likeness (QED) is 0.776. The van der Waals surface area contributed by atoms with Crippen LogP contribution in [0.3, 0.4) is 0 Å². The summed E-state index contributed by atoms with van der Waals surface area (Å²) in [6.07, 6.45) is 5.34. The topological polar surface area (TPSA) is 45.2 Å². The summed E-state index contributed by atoms with van der Waals surface area (Å²) in [5.74, 6) is 0.157. The van der Waals surface area contributed by atoms with Crippen LogP contribution >= 0.6 is 0 Å². The maximum Gasteiger partial charge on any atom is 0.235 e. The van der Waals surface area contributed by atoms with Crippen LogP contribution in [-0.4, -0.2) is 34.4 Å². The molecule has 0 aromatic carbocycles. The molecule has 4 heteroatoms. The Bertz CT molecular complexity index is 510. The number of piperidine rings is 1. The Balaban J connectivity index is 1.89. The molecule has 0 unspecified atom stereocenters. The maximum atomic E-state index is 12.4. The number of anilines is 1. The largest absolute Gasteiger partial charge is 0.324 e. The van der Waals surface area contributed by atoms with Crippen LogP contribution in [0.5, 0.6) is 0 Å². The first-order valence-electron chi connectivity index (χ1n) is 6.94. The standard InChI is InChI=1S/C15H21N3O/c1-14(2,3)18-8-5-15(6-9-18)11-4-7-16-10-12(11)17-13(15)19/h4,7,10H,5-6,8-9H2,1-3H3,(H,17,19). The van der Waals surface area contributed by atoms with Crippen molar-refractivity contribution in [2.24, 2.45) is 0 Å². The van der Waals surface area contributed by atoms with Gasteiger partial charge in [-0.3, -0.25) is 14.7 Å². The molecule has 2 aliphatic heterocycles. The van der Waals surface area contributed by atoms with Gasteiger partial charge in [0.25, 0.3) is 0 Å². The molecule has 1 saturated heterocycles. The van der Waals surface area contributed by atoms with Gasteiger partial charge in [0.2, 0.25) is 5.91 Å². The Morgan fingerprint density at radius 3 is 2.63 bits per heavy atom. The first-order chi connectivity index (χ1) is 8.93. The highest BCUT2D eigenvalue weighted by atomic mass is 16.2. The lowest BCUT2D eigenvalue weighted by molar-refractivity contribution is -0.123. The van der Waals surface area contributed by atoms with Crippen LogP contribution in [0, 0.1) is 0 Å². The molecule has 4 nitrogen and oxygen atoms in total. The number of pyridine rings is 1. The maximum absolute atomic E-state index is 12.4. The summed E-state index contributed by atoms with van der Waals surface area (Å²) in [6.45, 7) is 8.64. The van der Waals surface area contributed by atoms with E-state index >= 15 is 0 Å². The van der Waals surface area contributed by atoms with Gasteiger partial charge < -0.3 is 5.32 Å². The van der Waals surface area contributed by atoms with Crippen molar-refractivity contribution in [3.63, 3.8) is 0 Å². The zero-order chi connectivity index (χ0) is 13.7. The molecule has 0 aliphatic carbocycles. The summed E-state index contributed by atoms with van der Waals surface area (Å²) in [7, 11) is 0. The summed E-state index contributed by atoms with van der Waals surface area (Å²) in [5.41, 5.74) is 1.90. The fourth-order valence-corrected chi connectivity index (χ4v) is 3.33. The number of hydrogen-bond donors (Lipinski definition) is 1. The van der Waals surface area contributed by atoms with Crippen molar-refractivity contribution in [1.29, 1.82) is 0 Å². The molecule has 1 amide bonds. The number of amides is 1. The van der Waals surface area contributed by atoms with E-state index in [4.69, 9.17) is 0 Å². The lowest BCUT2D eigenvalue weighted by Gasteiger charge is -2.44. The van der Waals surface area contributed by atoms with E-state index in [1.807, 2.05) is 6.07 Å². The molecule has 0 bridgehead atoms. The Morgan fingerprint density at radius 2 is 2.00 bits per heavy atom. The first kappa shape index (κ1) is 12.6. The van der Waals surface area contributed by atoms with Gasteiger partial charge >= 0.3 is 0 Å². The smallest absolute Gasteiger partial charge is 0.235 e. The molecule has 2 aliphatic rings. The number of hydrogen-bond acceptors (Lipinski definition) is 3. The Morgan fingerprint density at radius 1 is 1.32 bits per heavy atom. The number of fused-ring (bicyclic) bond motifs is 2. The van der Waals surface area contributed by atoms with E-state index in [2.05, 4.69) is 36.0 Å². The monoisotopic (exact) mass is 259 g/mol. The molecule has 1 aromatic rings. The van der Waals surface area contributed by atoms with Gasteiger partial charge in [-0.2, -0.15) is 0 Å². The van der Waals surface area contributed by atoms with E-state index < -0.39 is 0 Å². The van der Waals surface area contributed by atoms with E-state index in [0.717, 1.165) is 37.2 Å². The van der Waals surface area contributed by atoms with Crippen LogP contribution in [0.4, 0.5) is 5.69 Å². The normalized spacial score (nSPS) is 22.4. The van der Waals surface area contributed by atoms with Crippen LogP contribution in [0.25, 0.3) is 0 Å². The number of carbonyl (C=O) groups is 1. The second-order valence-electron chi connectivity index (χ2n) is 6.62. The molecule has 1 fully saturated rings. The lowest BCUT2D eigenvalue weighted by Crippen LogP contribution is -2.52. The first-order valence-corrected chi connectivity index (χ1v) is 6.94. The average Bonchev–Trinajstić information content (AvgIpc) is 2.63. The number of rotatable bonds is 0. The molecule has 1 aromatic heterocycles. The molecule has 3 rings (SSSR count). The zero-order valence-corrected chi connectivity index (χ0v) is 11.9. The number of aromatic nitrogens is 1. The van der Waals surface area contributed by atoms with Crippen LogP contribution in [0.1, 0.15) is 39.2 Å². The summed E-state index contributed by atoms with van der Waals surface area (Å²) in [4.78, 5) is 19.0. The second-order valence-corrected chi connectivity index (χ2v) is 6.62. The van der Waals surface area contributed by atoms with Crippen molar-refractivity contribution >= 4 is 11.6 Å². The summed E-state index contributed by atoms with van der Waals surface area (Å²) >= 11 is 0. The van der Waals surface area contributed by atoms with Gasteiger partial charge in [-0.15, -0.1) is 0 Å². The van der Waals surface area contributed by atoms with Crippen LogP contribution in [0.2, 0.25) is 0 Å². The fraction of sp³-hybridized carbons (Fsp3) is 0.600. The van der Waals surface area contributed by atoms with Crippen molar-refractivity contribution in [2.45, 2.75) is 44.6 Å². The van der Waals surface area contributed by atoms with Gasteiger partial charge in [0.15, 0.2) is 0 Å². The van der Waals surface area contributed by atoms with Crippen LogP contribution in [0.15, 0.2) is 18.5 Å². The van der Waals surface area contributed by atoms with Gasteiger partial charge in [0, 0.05) is 24.8 Å². The van der Waals surface area contributed by atoms with Gasteiger partial charge in [-0.25, -0.2) is 0 Å². The summed E-state index contributed by atoms with van der Waals surface area (Å²) in [5, 5.41) is 2.99. The molecule has 1 spiro atoms. The Labute approximate surface area is 114 Å². The van der Waals surface area contributed by atoms with E-state index in [1.54, 1.807) is 12.4 Å². The number of nitrogens with zero attached hydrogens (tertiary/aromatic N) is 2. The van der Waals surface area contributed by atoms with E-state index in [1.165, 1.54) is 0 Å². The molecule has 0 saturated carbocycles. The van der Waals surface area contributed by atoms with Crippen LogP contribution in [-0.2, 0) is 10.2 Å². The SMILES string of the molecule is CC(C)(C)N1CCC2(CC1)C(=O)Nc1cnccc12. The highest BCUT2D eigenvalue weighted by Gasteiger charge is 2.49. The summed E-state index contributed by atoms with van der Waals surface area (Å²) < 4.78 is 0. The van der Waals surface area contributed by atoms with Gasteiger partial charge in [-0.1, -0.05) is 0 Å². The third-order valence-corrected chi connectivity index (χ3v) is 4.59. The van der Waals surface area contributed by atoms with Crippen LogP contribution < -0.4 is 5.32 Å². The van der Waals surface area contributed by atoms with Crippen molar-refractivity contribution in [1.82, 2.24) is 9.88 Å². The second kappa shape index (κ2) is 4.04. The molecule has 1 N–H and O–H groups in total. The van der Waals surface area contributed by atoms with Crippen molar-refractivity contribution < 1.29 is 4.79 Å². The predicted molar refractivity (Wildman–Crippen MR) is 75.1 cm³/mol. The molecule has 3 heterocycles. The van der Waals surface area contributed by atoms with Gasteiger partial charge in [0.05, 0.1) is 17.3 Å². The van der Waals surface area contributed by atoms with Crippen molar-refractivity contribution in [3.8, 4) is 0 Å². The van der Waals surface area contributed by atoms with Gasteiger partial charge in [-0.05, 0) is 45.2 Å². The highest BCUT2D eigenvalue weighted by Crippen LogP contribution is 2.45. The number of nitrogens with one attached hydrogen (secondary N) is 1. The van der Waals surface area contributed by atoms with Gasteiger partial charge in [0.1, 0.15) is 0 Å². The summed E-state index contributed by atoms with van der Waals surface area (Å²) in [6, 6.07) is 2.00. The van der Waals surface area contributed by atoms with E-state index in [0.29, 0.717) is 0 Å². The molecule has 102 valence electrons. The molecule has 0 radical (unpaired) electrons. The molecule has 0 atom stereocenters. The Hall–Kier alpha value is -1.42. The third-order valence-electron chi connectivity index (χ3n) is 4.59. The minimum Gasteiger partial charge on any atom is -0.324 e. The molecular formula is C15H21N3O. The van der Waals surface area contributed by atoms with E-state index in [-0.39, 0.29) is 16.9 Å². The van der Waals surface area contributed by atoms with E-state index in [9.17, 15) is 4.79 Å². The zero-order valence-electron chi connectivity index (χ0n) is 11.9. The molecular weight excluding hydrogens is 238 g/mol. The average molecular weight is 259 g/mol. The highest BCUT2D eigenvalue weighted by molar-refractivity contribution is 6.06. The minimum atomic E-state index is -0.319. The predicted octanol–water partition coefficient (Wildman–Crippen LogP) is 2.17. The fourth-order valence-electron chi connectivity index (χ4n) is 3.33. The lowest BCUT2D eigenvalue weighted by atomic mass is 9.73. The Kier molecular flexibility index (Phi) is 2.68. The third kappa shape index (κ3) is 1.86. The van der Waals surface area contributed by atoms with Crippen molar-refractivity contribution in [3.05, 3.63) is 24.0 Å². The number of likely N-dealkylation sites (tertiary alicyclic amines) is 1.